The van der Waals surface area contributed by atoms with Crippen LogP contribution in [-0.2, 0) is 9.59 Å². The van der Waals surface area contributed by atoms with Crippen LogP contribution in [0.1, 0.15) is 19.8 Å². The second-order valence-electron chi connectivity index (χ2n) is 4.90. The summed E-state index contributed by atoms with van der Waals surface area (Å²) >= 11 is 3.32. The number of carboxylic acid groups (broad SMARTS) is 1. The van der Waals surface area contributed by atoms with Crippen LogP contribution in [0.2, 0.25) is 0 Å². The van der Waals surface area contributed by atoms with E-state index >= 15 is 0 Å². The Morgan fingerprint density at radius 1 is 1.35 bits per heavy atom. The number of amides is 1. The van der Waals surface area contributed by atoms with Crippen LogP contribution in [0.5, 0.6) is 5.75 Å². The average Bonchev–Trinajstić information content (AvgIpc) is 2.41. The first kappa shape index (κ1) is 14.8. The van der Waals surface area contributed by atoms with E-state index in [-0.39, 0.29) is 12.5 Å². The molecule has 6 heteroatoms. The Labute approximate surface area is 125 Å². The van der Waals surface area contributed by atoms with Gasteiger partial charge in [0.15, 0.2) is 0 Å². The van der Waals surface area contributed by atoms with Crippen LogP contribution in [0.3, 0.4) is 0 Å². The quantitative estimate of drug-likeness (QED) is 0.915. The van der Waals surface area contributed by atoms with Crippen molar-refractivity contribution in [1.82, 2.24) is 4.90 Å². The lowest BCUT2D eigenvalue weighted by Gasteiger charge is -2.39. The molecule has 1 aliphatic heterocycles. The molecule has 5 nitrogen and oxygen atoms in total. The molecule has 1 aliphatic rings. The molecule has 1 N–H and O–H groups in total. The molecule has 0 saturated carbocycles. The molecular formula is C14H16BrNO4. The second kappa shape index (κ2) is 5.83. The number of ether oxygens (including phenoxy) is 1. The zero-order chi connectivity index (χ0) is 14.8. The van der Waals surface area contributed by atoms with E-state index in [4.69, 9.17) is 4.74 Å². The predicted octanol–water partition coefficient (Wildman–Crippen LogP) is 2.29. The van der Waals surface area contributed by atoms with Gasteiger partial charge < -0.3 is 14.7 Å². The van der Waals surface area contributed by atoms with Gasteiger partial charge in [-0.2, -0.15) is 0 Å². The zero-order valence-corrected chi connectivity index (χ0v) is 12.7. The first-order chi connectivity index (χ1) is 9.43. The highest BCUT2D eigenvalue weighted by Gasteiger charge is 2.45. The van der Waals surface area contributed by atoms with E-state index in [9.17, 15) is 14.7 Å². The van der Waals surface area contributed by atoms with Crippen molar-refractivity contribution in [1.29, 1.82) is 0 Å². The average molecular weight is 342 g/mol. The second-order valence-corrected chi connectivity index (χ2v) is 5.82. The van der Waals surface area contributed by atoms with Gasteiger partial charge in [-0.1, -0.05) is 15.9 Å². The van der Waals surface area contributed by atoms with Crippen LogP contribution in [0.15, 0.2) is 28.7 Å². The van der Waals surface area contributed by atoms with Crippen LogP contribution < -0.4 is 4.74 Å². The van der Waals surface area contributed by atoms with Gasteiger partial charge in [0.25, 0.3) is 0 Å². The van der Waals surface area contributed by atoms with Crippen molar-refractivity contribution >= 4 is 27.8 Å². The lowest BCUT2D eigenvalue weighted by atomic mass is 9.92. The highest BCUT2D eigenvalue weighted by molar-refractivity contribution is 9.10. The molecule has 0 bridgehead atoms. The number of rotatable bonds is 3. The molecule has 1 unspecified atom stereocenters. The zero-order valence-electron chi connectivity index (χ0n) is 11.1. The van der Waals surface area contributed by atoms with Crippen molar-refractivity contribution < 1.29 is 19.4 Å². The maximum absolute atomic E-state index is 11.6. The fourth-order valence-electron chi connectivity index (χ4n) is 2.32. The van der Waals surface area contributed by atoms with Crippen LogP contribution in [0, 0.1) is 0 Å². The summed E-state index contributed by atoms with van der Waals surface area (Å²) in [4.78, 5) is 24.6. The van der Waals surface area contributed by atoms with Gasteiger partial charge in [-0.25, -0.2) is 4.79 Å². The van der Waals surface area contributed by atoms with Crippen molar-refractivity contribution in [2.24, 2.45) is 0 Å². The van der Waals surface area contributed by atoms with E-state index in [0.29, 0.717) is 25.1 Å². The first-order valence-electron chi connectivity index (χ1n) is 6.36. The lowest BCUT2D eigenvalue weighted by Crippen LogP contribution is -2.57. The number of nitrogens with zero attached hydrogens (tertiary/aromatic N) is 1. The largest absolute Gasteiger partial charge is 0.478 e. The fraction of sp³-hybridized carbons (Fsp3) is 0.429. The number of likely N-dealkylation sites (tertiary alicyclic amines) is 1. The van der Waals surface area contributed by atoms with Crippen molar-refractivity contribution in [3.05, 3.63) is 28.7 Å². The van der Waals surface area contributed by atoms with Gasteiger partial charge in [-0.3, -0.25) is 4.79 Å². The fourth-order valence-corrected chi connectivity index (χ4v) is 2.58. The van der Waals surface area contributed by atoms with Crippen LogP contribution in [0.4, 0.5) is 0 Å². The molecule has 1 amide bonds. The monoisotopic (exact) mass is 341 g/mol. The predicted molar refractivity (Wildman–Crippen MR) is 76.6 cm³/mol. The van der Waals surface area contributed by atoms with Crippen LogP contribution in [0.25, 0.3) is 0 Å². The first-order valence-corrected chi connectivity index (χ1v) is 7.16. The Balaban J connectivity index is 2.23. The highest BCUT2D eigenvalue weighted by Crippen LogP contribution is 2.29. The third-order valence-electron chi connectivity index (χ3n) is 3.42. The van der Waals surface area contributed by atoms with Gasteiger partial charge in [-0.05, 0) is 30.7 Å². The molecule has 1 fully saturated rings. The summed E-state index contributed by atoms with van der Waals surface area (Å²) in [5, 5.41) is 9.53. The highest BCUT2D eigenvalue weighted by atomic mass is 79.9. The van der Waals surface area contributed by atoms with Crippen molar-refractivity contribution in [2.45, 2.75) is 25.4 Å². The Hall–Kier alpha value is -1.56. The van der Waals surface area contributed by atoms with E-state index in [1.807, 2.05) is 0 Å². The molecule has 108 valence electrons. The third kappa shape index (κ3) is 3.12. The smallest absolute Gasteiger partial charge is 0.349 e. The van der Waals surface area contributed by atoms with Gasteiger partial charge in [-0.15, -0.1) is 0 Å². The molecule has 1 saturated heterocycles. The van der Waals surface area contributed by atoms with Gasteiger partial charge in [0.1, 0.15) is 5.75 Å². The molecular weight excluding hydrogens is 326 g/mol. The molecule has 1 aromatic carbocycles. The number of benzene rings is 1. The summed E-state index contributed by atoms with van der Waals surface area (Å²) in [5.74, 6) is -0.679. The number of carboxylic acids is 1. The van der Waals surface area contributed by atoms with Crippen molar-refractivity contribution in [2.75, 3.05) is 13.1 Å². The van der Waals surface area contributed by atoms with E-state index in [1.165, 1.54) is 11.8 Å². The summed E-state index contributed by atoms with van der Waals surface area (Å²) in [6.45, 7) is 2.10. The summed E-state index contributed by atoms with van der Waals surface area (Å²) in [5.41, 5.74) is -1.36. The minimum atomic E-state index is -1.36. The van der Waals surface area contributed by atoms with Crippen LogP contribution in [-0.4, -0.2) is 40.6 Å². The molecule has 0 aliphatic carbocycles. The summed E-state index contributed by atoms with van der Waals surface area (Å²) in [7, 11) is 0. The summed E-state index contributed by atoms with van der Waals surface area (Å²) in [6, 6.07) is 7.00. The van der Waals surface area contributed by atoms with Gasteiger partial charge in [0.05, 0.1) is 6.54 Å². The van der Waals surface area contributed by atoms with E-state index < -0.39 is 11.6 Å². The molecule has 0 aromatic heterocycles. The SMILES string of the molecule is CC(=O)N1CCCC(Oc2ccc(Br)cc2)(C(=O)O)C1. The molecule has 0 radical (unpaired) electrons. The number of carbonyl (C=O) groups excluding carboxylic acids is 1. The molecule has 1 aromatic rings. The third-order valence-corrected chi connectivity index (χ3v) is 3.95. The minimum absolute atomic E-state index is 0.0771. The summed E-state index contributed by atoms with van der Waals surface area (Å²) < 4.78 is 6.62. The molecule has 0 spiro atoms. The Bertz CT molecular complexity index is 516. The number of piperidine rings is 1. The molecule has 20 heavy (non-hydrogen) atoms. The van der Waals surface area contributed by atoms with Crippen molar-refractivity contribution in [3.63, 3.8) is 0 Å². The van der Waals surface area contributed by atoms with E-state index in [2.05, 4.69) is 15.9 Å². The molecule has 1 heterocycles. The number of aliphatic carboxylic acids is 1. The standard InChI is InChI=1S/C14H16BrNO4/c1-10(17)16-8-2-7-14(9-16,13(18)19)20-12-5-3-11(15)4-6-12/h3-6H,2,7-9H2,1H3,(H,18,19). The van der Waals surface area contributed by atoms with E-state index in [0.717, 1.165) is 4.47 Å². The summed E-state index contributed by atoms with van der Waals surface area (Å²) in [6.07, 6.45) is 1.00. The van der Waals surface area contributed by atoms with E-state index in [1.54, 1.807) is 24.3 Å². The van der Waals surface area contributed by atoms with Gasteiger partial charge >= 0.3 is 5.97 Å². The maximum Gasteiger partial charge on any atom is 0.349 e. The normalized spacial score (nSPS) is 22.4. The Morgan fingerprint density at radius 2 is 2.00 bits per heavy atom. The lowest BCUT2D eigenvalue weighted by molar-refractivity contribution is -0.162. The van der Waals surface area contributed by atoms with Crippen LogP contribution >= 0.6 is 15.9 Å². The minimum Gasteiger partial charge on any atom is -0.478 e. The number of hydrogen-bond donors (Lipinski definition) is 1. The Kier molecular flexibility index (Phi) is 4.32. The maximum atomic E-state index is 11.6. The number of hydrogen-bond acceptors (Lipinski definition) is 3. The topological polar surface area (TPSA) is 66.8 Å². The van der Waals surface area contributed by atoms with Gasteiger partial charge in [0.2, 0.25) is 11.5 Å². The molecule has 2 rings (SSSR count). The molecule has 1 atom stereocenters. The number of halogens is 1. The number of carbonyl (C=O) groups is 2. The van der Waals surface area contributed by atoms with Crippen molar-refractivity contribution in [3.8, 4) is 5.75 Å². The Morgan fingerprint density at radius 3 is 2.55 bits per heavy atom. The van der Waals surface area contributed by atoms with Gasteiger partial charge in [0, 0.05) is 24.4 Å².